The van der Waals surface area contributed by atoms with Crippen molar-refractivity contribution in [2.45, 2.75) is 20.8 Å². The Hall–Kier alpha value is -3.16. The van der Waals surface area contributed by atoms with Gasteiger partial charge in [-0.1, -0.05) is 12.1 Å². The lowest BCUT2D eigenvalue weighted by Crippen LogP contribution is -2.25. The highest BCUT2D eigenvalue weighted by Crippen LogP contribution is 2.18. The molecule has 1 aromatic carbocycles. The van der Waals surface area contributed by atoms with Gasteiger partial charge in [-0.3, -0.25) is 14.2 Å². The van der Waals surface area contributed by atoms with E-state index >= 15 is 0 Å². The third kappa shape index (κ3) is 2.94. The first-order valence-electron chi connectivity index (χ1n) is 8.01. The molecule has 0 aliphatic rings. The highest BCUT2D eigenvalue weighted by molar-refractivity contribution is 5.97. The molecule has 0 saturated carbocycles. The van der Waals surface area contributed by atoms with Crippen LogP contribution in [0.1, 0.15) is 31.1 Å². The van der Waals surface area contributed by atoms with Gasteiger partial charge in [0.2, 0.25) is 6.79 Å². The van der Waals surface area contributed by atoms with Gasteiger partial charge in [-0.15, -0.1) is 0 Å². The lowest BCUT2D eigenvalue weighted by atomic mass is 9.98. The van der Waals surface area contributed by atoms with E-state index in [0.29, 0.717) is 16.6 Å². The topological polar surface area (TPSA) is 91.9 Å². The molecule has 0 radical (unpaired) electrons. The third-order valence-electron chi connectivity index (χ3n) is 3.94. The summed E-state index contributed by atoms with van der Waals surface area (Å²) in [5, 5.41) is 4.69. The molecule has 2 aromatic heterocycles. The first-order valence-corrected chi connectivity index (χ1v) is 8.01. The van der Waals surface area contributed by atoms with Crippen molar-refractivity contribution >= 4 is 28.5 Å². The molecular weight excluding hydrogens is 338 g/mol. The van der Waals surface area contributed by atoms with E-state index in [-0.39, 0.29) is 11.1 Å². The van der Waals surface area contributed by atoms with E-state index in [1.165, 1.54) is 15.3 Å². The second-order valence-electron chi connectivity index (χ2n) is 6.91. The minimum Gasteiger partial charge on any atom is -0.427 e. The Balaban J connectivity index is 1.93. The van der Waals surface area contributed by atoms with Crippen molar-refractivity contribution in [3.8, 4) is 0 Å². The molecule has 0 unspecified atom stereocenters. The minimum atomic E-state index is -0.730. The Morgan fingerprint density at radius 1 is 1.15 bits per heavy atom. The van der Waals surface area contributed by atoms with Crippen molar-refractivity contribution in [3.63, 3.8) is 0 Å². The van der Waals surface area contributed by atoms with Gasteiger partial charge in [0, 0.05) is 7.05 Å². The van der Waals surface area contributed by atoms with E-state index in [1.54, 1.807) is 52.1 Å². The van der Waals surface area contributed by atoms with Crippen LogP contribution in [0.15, 0.2) is 35.3 Å². The maximum Gasteiger partial charge on any atom is 0.346 e. The van der Waals surface area contributed by atoms with Crippen molar-refractivity contribution in [1.82, 2.24) is 14.2 Å². The predicted molar refractivity (Wildman–Crippen MR) is 93.8 cm³/mol. The monoisotopic (exact) mass is 357 g/mol. The second-order valence-corrected chi connectivity index (χ2v) is 6.91. The third-order valence-corrected chi connectivity index (χ3v) is 3.94. The molecule has 0 N–H and O–H groups in total. The number of ether oxygens (including phenoxy) is 2. The first-order chi connectivity index (χ1) is 12.2. The molecule has 0 fully saturated rings. The summed E-state index contributed by atoms with van der Waals surface area (Å²) >= 11 is 0. The number of carbonyl (C=O) groups is 2. The van der Waals surface area contributed by atoms with E-state index < -0.39 is 24.1 Å². The largest absolute Gasteiger partial charge is 0.427 e. The fraction of sp³-hybridized carbons (Fsp3) is 0.333. The first kappa shape index (κ1) is 17.7. The quantitative estimate of drug-likeness (QED) is 0.525. The number of carbonyl (C=O) groups excluding carboxylic acids is 2. The molecule has 0 saturated heterocycles. The molecule has 8 heteroatoms. The minimum absolute atomic E-state index is 0.113. The van der Waals surface area contributed by atoms with Gasteiger partial charge in [0.15, 0.2) is 5.65 Å². The van der Waals surface area contributed by atoms with Crippen LogP contribution < -0.4 is 5.56 Å². The number of rotatable bonds is 3. The smallest absolute Gasteiger partial charge is 0.346 e. The number of hydrogen-bond donors (Lipinski definition) is 0. The number of aromatic nitrogens is 3. The van der Waals surface area contributed by atoms with E-state index in [9.17, 15) is 14.4 Å². The number of nitrogens with zero attached hydrogens (tertiary/aromatic N) is 3. The number of benzene rings is 1. The maximum atomic E-state index is 12.5. The van der Waals surface area contributed by atoms with Gasteiger partial charge in [-0.05, 0) is 32.9 Å². The Morgan fingerprint density at radius 3 is 2.54 bits per heavy atom. The molecule has 0 bridgehead atoms. The molecule has 8 nitrogen and oxygen atoms in total. The Bertz CT molecular complexity index is 1070. The highest BCUT2D eigenvalue weighted by atomic mass is 16.7. The second kappa shape index (κ2) is 6.29. The Labute approximate surface area is 148 Å². The molecular formula is C18H19N3O5. The molecule has 0 atom stereocenters. The molecule has 136 valence electrons. The van der Waals surface area contributed by atoms with Crippen molar-refractivity contribution in [2.75, 3.05) is 6.79 Å². The number of para-hydroxylation sites is 1. The standard InChI is InChI=1S/C18H19N3O5/c1-18(2,3)17(24)26-10-25-16(23)12-9-19-21-13-8-6-5-7-11(13)15(22)20(4)14(12)21/h5-9H,10H2,1-4H3. The van der Waals surface area contributed by atoms with Crippen LogP contribution in [0.25, 0.3) is 16.6 Å². The Kier molecular flexibility index (Phi) is 4.27. The summed E-state index contributed by atoms with van der Waals surface area (Å²) in [5.41, 5.74) is 0.0632. The van der Waals surface area contributed by atoms with Crippen LogP contribution >= 0.6 is 0 Å². The van der Waals surface area contributed by atoms with Crippen molar-refractivity contribution in [2.24, 2.45) is 12.5 Å². The van der Waals surface area contributed by atoms with Crippen LogP contribution in [0.3, 0.4) is 0 Å². The number of esters is 2. The average Bonchev–Trinajstić information content (AvgIpc) is 3.04. The van der Waals surface area contributed by atoms with E-state index in [1.807, 2.05) is 0 Å². The van der Waals surface area contributed by atoms with Crippen LogP contribution in [-0.4, -0.2) is 32.9 Å². The lowest BCUT2D eigenvalue weighted by Gasteiger charge is -2.16. The number of hydrogen-bond acceptors (Lipinski definition) is 6. The van der Waals surface area contributed by atoms with Crippen LogP contribution in [0.5, 0.6) is 0 Å². The predicted octanol–water partition coefficient (Wildman–Crippen LogP) is 1.89. The Morgan fingerprint density at radius 2 is 1.85 bits per heavy atom. The van der Waals surface area contributed by atoms with Crippen LogP contribution in [0.2, 0.25) is 0 Å². The van der Waals surface area contributed by atoms with Crippen LogP contribution in [0.4, 0.5) is 0 Å². The molecule has 2 heterocycles. The fourth-order valence-electron chi connectivity index (χ4n) is 2.53. The van der Waals surface area contributed by atoms with E-state index in [2.05, 4.69) is 5.10 Å². The highest BCUT2D eigenvalue weighted by Gasteiger charge is 2.24. The van der Waals surface area contributed by atoms with Crippen molar-refractivity contribution < 1.29 is 19.1 Å². The van der Waals surface area contributed by atoms with Crippen molar-refractivity contribution in [1.29, 1.82) is 0 Å². The fourth-order valence-corrected chi connectivity index (χ4v) is 2.53. The van der Waals surface area contributed by atoms with Crippen molar-refractivity contribution in [3.05, 3.63) is 46.4 Å². The van der Waals surface area contributed by atoms with Crippen LogP contribution in [-0.2, 0) is 21.3 Å². The normalized spacial score (nSPS) is 11.7. The molecule has 0 aliphatic carbocycles. The van der Waals surface area contributed by atoms with Gasteiger partial charge in [0.25, 0.3) is 5.56 Å². The van der Waals surface area contributed by atoms with Gasteiger partial charge in [0.05, 0.1) is 22.5 Å². The SMILES string of the molecule is Cn1c(=O)c2ccccc2n2ncc(C(=O)OCOC(=O)C(C)(C)C)c12. The molecule has 26 heavy (non-hydrogen) atoms. The van der Waals surface area contributed by atoms with E-state index in [0.717, 1.165) is 0 Å². The number of aryl methyl sites for hydroxylation is 1. The summed E-state index contributed by atoms with van der Waals surface area (Å²) in [6.07, 6.45) is 1.33. The molecule has 3 aromatic rings. The summed E-state index contributed by atoms with van der Waals surface area (Å²) in [6, 6.07) is 6.99. The maximum absolute atomic E-state index is 12.5. The van der Waals surface area contributed by atoms with Gasteiger partial charge >= 0.3 is 11.9 Å². The molecule has 0 aliphatic heterocycles. The summed E-state index contributed by atoms with van der Waals surface area (Å²) in [4.78, 5) is 36.6. The number of fused-ring (bicyclic) bond motifs is 3. The van der Waals surface area contributed by atoms with E-state index in [4.69, 9.17) is 9.47 Å². The zero-order chi connectivity index (χ0) is 19.1. The van der Waals surface area contributed by atoms with Gasteiger partial charge < -0.3 is 9.47 Å². The molecule has 0 amide bonds. The molecule has 0 spiro atoms. The average molecular weight is 357 g/mol. The summed E-state index contributed by atoms with van der Waals surface area (Å²) in [5.74, 6) is -1.21. The van der Waals surface area contributed by atoms with Gasteiger partial charge in [0.1, 0.15) is 5.56 Å². The van der Waals surface area contributed by atoms with Gasteiger partial charge in [-0.25, -0.2) is 9.31 Å². The lowest BCUT2D eigenvalue weighted by molar-refractivity contribution is -0.161. The summed E-state index contributed by atoms with van der Waals surface area (Å²) in [6.45, 7) is 4.59. The molecule has 3 rings (SSSR count). The summed E-state index contributed by atoms with van der Waals surface area (Å²) in [7, 11) is 1.56. The zero-order valence-electron chi connectivity index (χ0n) is 15.0. The van der Waals surface area contributed by atoms with Crippen LogP contribution in [0, 0.1) is 5.41 Å². The zero-order valence-corrected chi connectivity index (χ0v) is 15.0. The van der Waals surface area contributed by atoms with Gasteiger partial charge in [-0.2, -0.15) is 5.10 Å². The summed E-state index contributed by atoms with van der Waals surface area (Å²) < 4.78 is 12.8.